The Morgan fingerprint density at radius 2 is 2.00 bits per heavy atom. The van der Waals surface area contributed by atoms with Crippen molar-refractivity contribution in [3.05, 3.63) is 11.8 Å². The summed E-state index contributed by atoms with van der Waals surface area (Å²) in [5, 5.41) is 3.44. The van der Waals surface area contributed by atoms with Gasteiger partial charge in [0.2, 0.25) is 5.95 Å². The number of nitrogens with two attached hydrogens (primary N) is 1. The average Bonchev–Trinajstić information content (AvgIpc) is 2.60. The van der Waals surface area contributed by atoms with Crippen molar-refractivity contribution in [1.82, 2.24) is 14.9 Å². The lowest BCUT2D eigenvalue weighted by atomic mass is 9.78. The molecule has 0 amide bonds. The number of hydrogen-bond acceptors (Lipinski definition) is 7. The molecular weight excluding hydrogens is 328 g/mol. The van der Waals surface area contributed by atoms with Crippen molar-refractivity contribution in [2.45, 2.75) is 50.2 Å². The molecule has 1 aromatic heterocycles. The summed E-state index contributed by atoms with van der Waals surface area (Å²) < 4.78 is 6.01. The van der Waals surface area contributed by atoms with Crippen molar-refractivity contribution < 1.29 is 4.74 Å². The van der Waals surface area contributed by atoms with Gasteiger partial charge in [-0.3, -0.25) is 0 Å². The zero-order valence-corrected chi connectivity index (χ0v) is 16.4. The highest BCUT2D eigenvalue weighted by atomic mass is 16.5. The molecule has 3 rings (SSSR count). The number of ether oxygens (including phenoxy) is 1. The summed E-state index contributed by atoms with van der Waals surface area (Å²) in [7, 11) is 6.13. The largest absolute Gasteiger partial charge is 0.378 e. The third-order valence-electron chi connectivity index (χ3n) is 5.37. The minimum absolute atomic E-state index is 0.325. The van der Waals surface area contributed by atoms with Crippen LogP contribution >= 0.6 is 0 Å². The van der Waals surface area contributed by atoms with Gasteiger partial charge in [0.15, 0.2) is 0 Å². The first-order valence-electron chi connectivity index (χ1n) is 9.87. The molecule has 0 bridgehead atoms. The first-order chi connectivity index (χ1) is 12.5. The van der Waals surface area contributed by atoms with E-state index in [1.807, 2.05) is 19.0 Å². The topological polar surface area (TPSA) is 79.5 Å². The quantitative estimate of drug-likeness (QED) is 0.681. The summed E-state index contributed by atoms with van der Waals surface area (Å²) in [6.07, 6.45) is 5.75. The van der Waals surface area contributed by atoms with Crippen LogP contribution in [0.1, 0.15) is 43.7 Å². The van der Waals surface area contributed by atoms with Gasteiger partial charge in [0.25, 0.3) is 0 Å². The van der Waals surface area contributed by atoms with Gasteiger partial charge in [0, 0.05) is 58.4 Å². The fraction of sp³-hybridized carbons (Fsp3) is 0.789. The maximum atomic E-state index is 6.01. The van der Waals surface area contributed by atoms with Crippen molar-refractivity contribution in [2.75, 3.05) is 57.6 Å². The van der Waals surface area contributed by atoms with Gasteiger partial charge in [-0.05, 0) is 39.2 Å². The van der Waals surface area contributed by atoms with E-state index < -0.39 is 0 Å². The lowest BCUT2D eigenvalue weighted by molar-refractivity contribution is 0.0125. The Kier molecular flexibility index (Phi) is 6.67. The van der Waals surface area contributed by atoms with E-state index in [9.17, 15) is 0 Å². The number of rotatable bonds is 8. The molecule has 1 saturated heterocycles. The van der Waals surface area contributed by atoms with Gasteiger partial charge in [0.05, 0.1) is 11.8 Å². The molecule has 0 spiro atoms. The first-order valence-corrected chi connectivity index (χ1v) is 9.87. The molecule has 1 aromatic rings. The van der Waals surface area contributed by atoms with Crippen LogP contribution in [0.2, 0.25) is 0 Å². The highest BCUT2D eigenvalue weighted by Gasteiger charge is 2.29. The van der Waals surface area contributed by atoms with Crippen LogP contribution in [0.4, 0.5) is 11.8 Å². The fourth-order valence-electron chi connectivity index (χ4n) is 3.55. The molecule has 7 heteroatoms. The summed E-state index contributed by atoms with van der Waals surface area (Å²) in [5.41, 5.74) is 7.05. The van der Waals surface area contributed by atoms with E-state index in [0.717, 1.165) is 75.8 Å². The van der Waals surface area contributed by atoms with Crippen LogP contribution in [0.3, 0.4) is 0 Å². The Morgan fingerprint density at radius 3 is 2.65 bits per heavy atom. The first kappa shape index (κ1) is 19.3. The molecule has 3 N–H and O–H groups in total. The molecule has 146 valence electrons. The maximum absolute atomic E-state index is 6.01. The molecule has 0 radical (unpaired) electrons. The smallest absolute Gasteiger partial charge is 0.227 e. The van der Waals surface area contributed by atoms with Gasteiger partial charge in [-0.15, -0.1) is 0 Å². The SMILES string of the molecule is CN1CCC(OCCCNc2cc(C3CC(N)C3)nc(N(C)C)n2)CC1. The summed E-state index contributed by atoms with van der Waals surface area (Å²) in [6, 6.07) is 2.41. The van der Waals surface area contributed by atoms with Crippen LogP contribution in [0.5, 0.6) is 0 Å². The van der Waals surface area contributed by atoms with Crippen LogP contribution in [-0.2, 0) is 4.74 Å². The number of nitrogens with zero attached hydrogens (tertiary/aromatic N) is 4. The number of piperidine rings is 1. The number of likely N-dealkylation sites (tertiary alicyclic amines) is 1. The Hall–Kier alpha value is -1.44. The highest BCUT2D eigenvalue weighted by molar-refractivity contribution is 5.44. The van der Waals surface area contributed by atoms with Gasteiger partial charge >= 0.3 is 0 Å². The van der Waals surface area contributed by atoms with E-state index >= 15 is 0 Å². The van der Waals surface area contributed by atoms with E-state index in [1.54, 1.807) is 0 Å². The fourth-order valence-corrected chi connectivity index (χ4v) is 3.55. The minimum Gasteiger partial charge on any atom is -0.378 e. The normalized spacial score (nSPS) is 24.3. The third kappa shape index (κ3) is 5.28. The van der Waals surface area contributed by atoms with Gasteiger partial charge in [0.1, 0.15) is 5.82 Å². The third-order valence-corrected chi connectivity index (χ3v) is 5.37. The van der Waals surface area contributed by atoms with Gasteiger partial charge in [-0.1, -0.05) is 0 Å². The van der Waals surface area contributed by atoms with E-state index in [-0.39, 0.29) is 0 Å². The summed E-state index contributed by atoms with van der Waals surface area (Å²) in [6.45, 7) is 3.95. The summed E-state index contributed by atoms with van der Waals surface area (Å²) in [5.74, 6) is 2.13. The Bertz CT molecular complexity index is 567. The molecule has 7 nitrogen and oxygen atoms in total. The second kappa shape index (κ2) is 8.97. The molecule has 26 heavy (non-hydrogen) atoms. The lowest BCUT2D eigenvalue weighted by Gasteiger charge is -2.32. The van der Waals surface area contributed by atoms with Crippen molar-refractivity contribution >= 4 is 11.8 Å². The van der Waals surface area contributed by atoms with Crippen molar-refractivity contribution in [3.63, 3.8) is 0 Å². The van der Waals surface area contributed by atoms with Crippen LogP contribution in [0.25, 0.3) is 0 Å². The van der Waals surface area contributed by atoms with Gasteiger partial charge in [-0.25, -0.2) is 4.98 Å². The Morgan fingerprint density at radius 1 is 1.27 bits per heavy atom. The number of nitrogens with one attached hydrogen (secondary N) is 1. The molecule has 1 aliphatic heterocycles. The maximum Gasteiger partial charge on any atom is 0.227 e. The number of aromatic nitrogens is 2. The molecule has 1 saturated carbocycles. The van der Waals surface area contributed by atoms with Gasteiger partial charge in [-0.2, -0.15) is 4.98 Å². The van der Waals surface area contributed by atoms with Crippen LogP contribution < -0.4 is 16.0 Å². The Labute approximate surface area is 157 Å². The zero-order chi connectivity index (χ0) is 18.5. The second-order valence-corrected chi connectivity index (χ2v) is 7.95. The van der Waals surface area contributed by atoms with Crippen molar-refractivity contribution in [1.29, 1.82) is 0 Å². The predicted octanol–water partition coefficient (Wildman–Crippen LogP) is 1.66. The zero-order valence-electron chi connectivity index (χ0n) is 16.4. The van der Waals surface area contributed by atoms with E-state index in [1.165, 1.54) is 0 Å². The standard InChI is InChI=1S/C19H34N6O/c1-24(2)19-22-17(14-11-15(20)12-14)13-18(23-19)21-7-4-10-26-16-5-8-25(3)9-6-16/h13-16H,4-12,20H2,1-3H3,(H,21,22,23). The molecular formula is C19H34N6O. The molecule has 0 aromatic carbocycles. The molecule has 0 atom stereocenters. The van der Waals surface area contributed by atoms with E-state index in [2.05, 4.69) is 28.3 Å². The molecule has 1 aliphatic carbocycles. The molecule has 2 fully saturated rings. The monoisotopic (exact) mass is 362 g/mol. The highest BCUT2D eigenvalue weighted by Crippen LogP contribution is 2.35. The lowest BCUT2D eigenvalue weighted by Crippen LogP contribution is -2.35. The minimum atomic E-state index is 0.325. The number of anilines is 2. The predicted molar refractivity (Wildman–Crippen MR) is 106 cm³/mol. The van der Waals surface area contributed by atoms with Crippen LogP contribution in [0.15, 0.2) is 6.07 Å². The van der Waals surface area contributed by atoms with Crippen molar-refractivity contribution in [3.8, 4) is 0 Å². The van der Waals surface area contributed by atoms with Crippen LogP contribution in [0, 0.1) is 0 Å². The summed E-state index contributed by atoms with van der Waals surface area (Å²) in [4.78, 5) is 13.6. The molecule has 2 heterocycles. The average molecular weight is 363 g/mol. The van der Waals surface area contributed by atoms with Gasteiger partial charge < -0.3 is 25.6 Å². The second-order valence-electron chi connectivity index (χ2n) is 7.95. The van der Waals surface area contributed by atoms with E-state index in [4.69, 9.17) is 15.5 Å². The number of hydrogen-bond donors (Lipinski definition) is 2. The molecule has 2 aliphatic rings. The summed E-state index contributed by atoms with van der Waals surface area (Å²) >= 11 is 0. The molecule has 0 unspecified atom stereocenters. The van der Waals surface area contributed by atoms with E-state index in [0.29, 0.717) is 18.1 Å². The van der Waals surface area contributed by atoms with Crippen molar-refractivity contribution in [2.24, 2.45) is 5.73 Å². The Balaban J connectivity index is 1.45. The van der Waals surface area contributed by atoms with Crippen LogP contribution in [-0.4, -0.2) is 74.4 Å².